The predicted octanol–water partition coefficient (Wildman–Crippen LogP) is 0.306. The van der Waals surface area contributed by atoms with Gasteiger partial charge in [0.05, 0.1) is 12.0 Å². The first-order chi connectivity index (χ1) is 7.36. The van der Waals surface area contributed by atoms with E-state index in [0.717, 1.165) is 0 Å². The summed E-state index contributed by atoms with van der Waals surface area (Å²) in [7, 11) is 0. The lowest BCUT2D eigenvalue weighted by Crippen LogP contribution is -2.22. The molecule has 0 aromatic heterocycles. The Morgan fingerprint density at radius 3 is 2.19 bits per heavy atom. The van der Waals surface area contributed by atoms with Crippen LogP contribution in [0.3, 0.4) is 0 Å². The van der Waals surface area contributed by atoms with Crippen molar-refractivity contribution in [3.63, 3.8) is 0 Å². The average molecular weight is 249 g/mol. The third-order valence-corrected chi connectivity index (χ3v) is 1.85. The van der Waals surface area contributed by atoms with Gasteiger partial charge in [0.1, 0.15) is 0 Å². The topological polar surface area (TPSA) is 86.6 Å². The van der Waals surface area contributed by atoms with E-state index in [1.165, 1.54) is 19.9 Å². The summed E-state index contributed by atoms with van der Waals surface area (Å²) in [4.78, 5) is 20.1. The van der Waals surface area contributed by atoms with Crippen molar-refractivity contribution in [2.45, 2.75) is 20.0 Å². The fourth-order valence-corrected chi connectivity index (χ4v) is 0.694. The van der Waals surface area contributed by atoms with Crippen molar-refractivity contribution >= 4 is 24.5 Å². The summed E-state index contributed by atoms with van der Waals surface area (Å²) in [5.41, 5.74) is 0. The van der Waals surface area contributed by atoms with E-state index in [1.54, 1.807) is 0 Å². The Morgan fingerprint density at radius 1 is 1.56 bits per heavy atom. The molecule has 0 saturated heterocycles. The fraction of sp³-hybridized carbons (Fsp3) is 0.600. The van der Waals surface area contributed by atoms with Crippen LogP contribution < -0.4 is 5.32 Å². The lowest BCUT2D eigenvalue weighted by Gasteiger charge is -2.08. The lowest BCUT2D eigenvalue weighted by molar-refractivity contribution is -0.143. The molecule has 0 aliphatic rings. The minimum Gasteiger partial charge on any atom is -0.481 e. The zero-order chi connectivity index (χ0) is 13.1. The Bertz CT molecular complexity index is 233. The van der Waals surface area contributed by atoms with Crippen LogP contribution in [0.15, 0.2) is 12.7 Å². The maximum atomic E-state index is 10.1. The second-order valence-corrected chi connectivity index (χ2v) is 3.51. The second kappa shape index (κ2) is 10.5. The Hall–Kier alpha value is -1.01. The van der Waals surface area contributed by atoms with E-state index in [4.69, 9.17) is 10.2 Å². The molecule has 5 nitrogen and oxygen atoms in total. The van der Waals surface area contributed by atoms with Crippen LogP contribution >= 0.6 is 12.6 Å². The summed E-state index contributed by atoms with van der Waals surface area (Å²) in [6.07, 6.45) is 0.265. The van der Waals surface area contributed by atoms with E-state index in [0.29, 0.717) is 12.3 Å². The van der Waals surface area contributed by atoms with Gasteiger partial charge < -0.3 is 15.5 Å². The van der Waals surface area contributed by atoms with Gasteiger partial charge in [-0.2, -0.15) is 12.6 Å². The highest BCUT2D eigenvalue weighted by Crippen LogP contribution is 2.02. The van der Waals surface area contributed by atoms with E-state index in [9.17, 15) is 9.59 Å². The maximum Gasteiger partial charge on any atom is 0.309 e. The number of carboxylic acid groups (broad SMARTS) is 1. The largest absolute Gasteiger partial charge is 0.481 e. The van der Waals surface area contributed by atoms with Crippen molar-refractivity contribution in [1.29, 1.82) is 0 Å². The number of thiol groups is 1. The smallest absolute Gasteiger partial charge is 0.309 e. The van der Waals surface area contributed by atoms with E-state index in [-0.39, 0.29) is 5.91 Å². The van der Waals surface area contributed by atoms with Gasteiger partial charge in [-0.3, -0.25) is 9.59 Å². The lowest BCUT2D eigenvalue weighted by atomic mass is 10.1. The summed E-state index contributed by atoms with van der Waals surface area (Å²) in [5.74, 6) is -1.06. The molecule has 0 radical (unpaired) electrons. The summed E-state index contributed by atoms with van der Waals surface area (Å²) < 4.78 is 0. The molecule has 0 spiro atoms. The molecule has 0 aliphatic carbocycles. The minimum atomic E-state index is -1.01. The predicted molar refractivity (Wildman–Crippen MR) is 65.5 cm³/mol. The van der Waals surface area contributed by atoms with Crippen LogP contribution in [0, 0.1) is 5.92 Å². The van der Waals surface area contributed by atoms with Crippen LogP contribution in [0.2, 0.25) is 0 Å². The van der Waals surface area contributed by atoms with Crippen molar-refractivity contribution < 1.29 is 19.8 Å². The van der Waals surface area contributed by atoms with E-state index >= 15 is 0 Å². The highest BCUT2D eigenvalue weighted by atomic mass is 32.1. The summed E-state index contributed by atoms with van der Waals surface area (Å²) in [6.45, 7) is 6.83. The van der Waals surface area contributed by atoms with Crippen molar-refractivity contribution in [2.75, 3.05) is 12.3 Å². The van der Waals surface area contributed by atoms with Crippen LogP contribution in [-0.4, -0.2) is 40.5 Å². The number of amides is 1. The van der Waals surface area contributed by atoms with Gasteiger partial charge in [-0.1, -0.05) is 6.08 Å². The minimum absolute atomic E-state index is 0.00838. The molecule has 6 heteroatoms. The molecule has 2 atom stereocenters. The molecule has 0 unspecified atom stereocenters. The molecule has 0 aromatic carbocycles. The van der Waals surface area contributed by atoms with Crippen molar-refractivity contribution in [3.05, 3.63) is 12.7 Å². The number of aliphatic carboxylic acids is 1. The number of aliphatic hydroxyl groups excluding tert-OH is 1. The Labute approximate surface area is 101 Å². The van der Waals surface area contributed by atoms with E-state index < -0.39 is 18.0 Å². The van der Waals surface area contributed by atoms with Gasteiger partial charge in [-0.15, -0.1) is 6.58 Å². The second-order valence-electron chi connectivity index (χ2n) is 3.06. The molecule has 1 amide bonds. The van der Waals surface area contributed by atoms with Crippen LogP contribution in [0.25, 0.3) is 0 Å². The first-order valence-electron chi connectivity index (χ1n) is 4.75. The van der Waals surface area contributed by atoms with E-state index in [2.05, 4.69) is 24.5 Å². The van der Waals surface area contributed by atoms with Gasteiger partial charge in [0, 0.05) is 19.2 Å². The van der Waals surface area contributed by atoms with Gasteiger partial charge in [0.25, 0.3) is 0 Å². The van der Waals surface area contributed by atoms with Crippen LogP contribution in [0.1, 0.15) is 13.8 Å². The van der Waals surface area contributed by atoms with Gasteiger partial charge in [0.2, 0.25) is 5.91 Å². The number of carboxylic acids is 1. The standard InChI is InChI=1S/C6H10O3.C4H9NOS/c1-3-5(7)4(2)6(8)9;1-4(6)5-2-3-7/h3-5,7H,1H2,2H3,(H,8,9);7H,2-3H2,1H3,(H,5,6)/t4-,5+;/m0./s1. The molecule has 0 bridgehead atoms. The molecule has 0 heterocycles. The Balaban J connectivity index is 0. The summed E-state index contributed by atoms with van der Waals surface area (Å²) >= 11 is 3.88. The third-order valence-electron chi connectivity index (χ3n) is 1.63. The molecule has 94 valence electrons. The fourth-order valence-electron chi connectivity index (χ4n) is 0.582. The normalized spacial score (nSPS) is 12.8. The van der Waals surface area contributed by atoms with Gasteiger partial charge >= 0.3 is 5.97 Å². The van der Waals surface area contributed by atoms with Gasteiger partial charge in [-0.25, -0.2) is 0 Å². The molecule has 0 rings (SSSR count). The number of carbonyl (C=O) groups is 2. The van der Waals surface area contributed by atoms with Crippen LogP contribution in [0.5, 0.6) is 0 Å². The monoisotopic (exact) mass is 249 g/mol. The van der Waals surface area contributed by atoms with Crippen molar-refractivity contribution in [3.8, 4) is 0 Å². The average Bonchev–Trinajstić information content (AvgIpc) is 2.24. The molecular weight excluding hydrogens is 230 g/mol. The summed E-state index contributed by atoms with van der Waals surface area (Å²) in [6, 6.07) is 0. The highest BCUT2D eigenvalue weighted by Gasteiger charge is 2.17. The van der Waals surface area contributed by atoms with Crippen molar-refractivity contribution in [1.82, 2.24) is 5.32 Å². The Morgan fingerprint density at radius 2 is 2.06 bits per heavy atom. The number of nitrogens with one attached hydrogen (secondary N) is 1. The molecule has 0 saturated carbocycles. The first-order valence-corrected chi connectivity index (χ1v) is 5.38. The quantitative estimate of drug-likeness (QED) is 0.417. The SMILES string of the molecule is C=C[C@@H](O)[C@H](C)C(=O)O.CC(=O)NCCS. The molecular formula is C10H19NO4S. The Kier molecular flexibility index (Phi) is 11.4. The third kappa shape index (κ3) is 11.1. The first kappa shape index (κ1) is 17.4. The number of aliphatic hydroxyl groups is 1. The van der Waals surface area contributed by atoms with Gasteiger partial charge in [0.15, 0.2) is 0 Å². The van der Waals surface area contributed by atoms with Crippen LogP contribution in [-0.2, 0) is 9.59 Å². The highest BCUT2D eigenvalue weighted by molar-refractivity contribution is 7.80. The van der Waals surface area contributed by atoms with Crippen LogP contribution in [0.4, 0.5) is 0 Å². The molecule has 0 aliphatic heterocycles. The molecule has 0 fully saturated rings. The maximum absolute atomic E-state index is 10.1. The van der Waals surface area contributed by atoms with E-state index in [1.807, 2.05) is 0 Å². The molecule has 3 N–H and O–H groups in total. The molecule has 0 aromatic rings. The van der Waals surface area contributed by atoms with Crippen molar-refractivity contribution in [2.24, 2.45) is 5.92 Å². The zero-order valence-corrected chi connectivity index (χ0v) is 10.4. The number of rotatable bonds is 5. The number of carbonyl (C=O) groups excluding carboxylic acids is 1. The van der Waals surface area contributed by atoms with Gasteiger partial charge in [-0.05, 0) is 6.92 Å². The zero-order valence-electron chi connectivity index (χ0n) is 9.51. The summed E-state index contributed by atoms with van der Waals surface area (Å²) in [5, 5.41) is 19.7. The number of hydrogen-bond donors (Lipinski definition) is 4. The number of hydrogen-bond acceptors (Lipinski definition) is 4. The molecule has 16 heavy (non-hydrogen) atoms.